The van der Waals surface area contributed by atoms with Crippen LogP contribution in [0.2, 0.25) is 5.15 Å². The van der Waals surface area contributed by atoms with Crippen molar-refractivity contribution < 1.29 is 33.3 Å². The van der Waals surface area contributed by atoms with E-state index in [0.29, 0.717) is 11.1 Å². The summed E-state index contributed by atoms with van der Waals surface area (Å²) in [7, 11) is 0. The zero-order chi connectivity index (χ0) is 32.6. The molecule has 4 atom stereocenters. The summed E-state index contributed by atoms with van der Waals surface area (Å²) in [6.07, 6.45) is -2.91. The first-order chi connectivity index (χ1) is 22.2. The summed E-state index contributed by atoms with van der Waals surface area (Å²) in [5.74, 6) is -2.06. The highest BCUT2D eigenvalue weighted by molar-refractivity contribution is 6.33. The molecule has 0 saturated carbocycles. The van der Waals surface area contributed by atoms with Gasteiger partial charge in [-0.25, -0.2) is 19.4 Å². The highest BCUT2D eigenvalue weighted by Crippen LogP contribution is 2.26. The standard InChI is InChI=1S/C33H30ClN5O7/c1-20(44-31(41)23-14-8-4-9-15-23)27(46-32(42)24-16-10-5-11-17-24)25(18-43-30(40)22-12-6-3-7-13-22)45-21(2)39-19-36-26-28(34)37-33(35)38-29(26)39/h3-17,19-21,25,27H,18H2,1-2H3,(H2,35,37,38)/t20?,21?,25-,27?/m1/s1. The number of benzene rings is 3. The maximum Gasteiger partial charge on any atom is 0.338 e. The molecule has 3 unspecified atom stereocenters. The molecule has 0 fully saturated rings. The molecule has 5 rings (SSSR count). The zero-order valence-electron chi connectivity index (χ0n) is 24.9. The second kappa shape index (κ2) is 14.6. The summed E-state index contributed by atoms with van der Waals surface area (Å²) in [4.78, 5) is 51.9. The van der Waals surface area contributed by atoms with Crippen molar-refractivity contribution in [2.45, 2.75) is 38.4 Å². The first kappa shape index (κ1) is 32.1. The number of aromatic nitrogens is 4. The molecule has 46 heavy (non-hydrogen) atoms. The molecule has 12 nitrogen and oxygen atoms in total. The van der Waals surface area contributed by atoms with E-state index >= 15 is 0 Å². The van der Waals surface area contributed by atoms with Gasteiger partial charge in [-0.1, -0.05) is 66.2 Å². The van der Waals surface area contributed by atoms with Crippen molar-refractivity contribution in [2.24, 2.45) is 0 Å². The molecule has 13 heteroatoms. The van der Waals surface area contributed by atoms with Crippen molar-refractivity contribution in [3.63, 3.8) is 0 Å². The first-order valence-electron chi connectivity index (χ1n) is 14.3. The number of carbonyl (C=O) groups is 3. The van der Waals surface area contributed by atoms with E-state index in [4.69, 9.17) is 36.3 Å². The second-order valence-corrected chi connectivity index (χ2v) is 10.5. The Balaban J connectivity index is 1.48. The van der Waals surface area contributed by atoms with Crippen molar-refractivity contribution in [2.75, 3.05) is 12.3 Å². The molecule has 2 N–H and O–H groups in total. The molecule has 0 radical (unpaired) electrons. The SMILES string of the molecule is CC(OC(=O)c1ccccc1)C(OC(=O)c1ccccc1)[C@@H](COC(=O)c1ccccc1)OC(C)n1cnc2c(Cl)nc(N)nc21. The van der Waals surface area contributed by atoms with Crippen LogP contribution < -0.4 is 5.73 Å². The number of hydrogen-bond acceptors (Lipinski definition) is 11. The van der Waals surface area contributed by atoms with Gasteiger partial charge >= 0.3 is 17.9 Å². The summed E-state index contributed by atoms with van der Waals surface area (Å²) < 4.78 is 25.3. The highest BCUT2D eigenvalue weighted by Gasteiger charge is 2.37. The van der Waals surface area contributed by atoms with E-state index in [2.05, 4.69) is 15.0 Å². The Morgan fingerprint density at radius 1 is 0.783 bits per heavy atom. The van der Waals surface area contributed by atoms with Gasteiger partial charge in [-0.05, 0) is 50.2 Å². The number of nitrogens with two attached hydrogens (primary N) is 1. The third-order valence-electron chi connectivity index (χ3n) is 6.93. The lowest BCUT2D eigenvalue weighted by Crippen LogP contribution is -2.46. The topological polar surface area (TPSA) is 158 Å². The molecule has 0 saturated heterocycles. The number of anilines is 1. The van der Waals surface area contributed by atoms with Gasteiger partial charge in [-0.2, -0.15) is 9.97 Å². The van der Waals surface area contributed by atoms with Crippen LogP contribution in [0, 0.1) is 0 Å². The summed E-state index contributed by atoms with van der Waals surface area (Å²) in [6, 6.07) is 25.0. The number of nitrogens with zero attached hydrogens (tertiary/aromatic N) is 4. The molecule has 0 aliphatic heterocycles. The van der Waals surface area contributed by atoms with Crippen molar-refractivity contribution >= 4 is 46.6 Å². The van der Waals surface area contributed by atoms with Crippen molar-refractivity contribution in [1.29, 1.82) is 0 Å². The largest absolute Gasteiger partial charge is 0.459 e. The van der Waals surface area contributed by atoms with Crippen LogP contribution in [0.4, 0.5) is 5.95 Å². The van der Waals surface area contributed by atoms with Gasteiger partial charge in [0.05, 0.1) is 23.0 Å². The van der Waals surface area contributed by atoms with Crippen LogP contribution >= 0.6 is 11.6 Å². The Bertz CT molecular complexity index is 1810. The number of rotatable bonds is 12. The minimum atomic E-state index is -1.26. The molecule has 236 valence electrons. The van der Waals surface area contributed by atoms with Gasteiger partial charge in [0.1, 0.15) is 30.6 Å². The Morgan fingerprint density at radius 2 is 1.30 bits per heavy atom. The van der Waals surface area contributed by atoms with Crippen molar-refractivity contribution in [1.82, 2.24) is 19.5 Å². The number of carbonyl (C=O) groups excluding carboxylic acids is 3. The molecule has 0 aliphatic carbocycles. The molecule has 0 aliphatic rings. The fraction of sp³-hybridized carbons (Fsp3) is 0.212. The Kier molecular flexibility index (Phi) is 10.2. The van der Waals surface area contributed by atoms with Gasteiger partial charge in [0, 0.05) is 0 Å². The smallest absolute Gasteiger partial charge is 0.338 e. The molecular formula is C33H30ClN5O7. The predicted molar refractivity (Wildman–Crippen MR) is 168 cm³/mol. The van der Waals surface area contributed by atoms with Gasteiger partial charge in [0.2, 0.25) is 5.95 Å². The lowest BCUT2D eigenvalue weighted by atomic mass is 10.1. The van der Waals surface area contributed by atoms with Crippen LogP contribution in [0.25, 0.3) is 11.2 Å². The van der Waals surface area contributed by atoms with Gasteiger partial charge in [-0.15, -0.1) is 0 Å². The summed E-state index contributed by atoms with van der Waals surface area (Å²) in [5.41, 5.74) is 7.25. The summed E-state index contributed by atoms with van der Waals surface area (Å²) in [5, 5.41) is 0.0536. The monoisotopic (exact) mass is 643 g/mol. The Labute approximate surface area is 269 Å². The molecule has 0 bridgehead atoms. The molecular weight excluding hydrogens is 614 g/mol. The fourth-order valence-corrected chi connectivity index (χ4v) is 4.85. The van der Waals surface area contributed by atoms with Crippen molar-refractivity contribution in [3.05, 3.63) is 119 Å². The molecule has 0 amide bonds. The van der Waals surface area contributed by atoms with E-state index in [1.54, 1.807) is 109 Å². The molecule has 5 aromatic rings. The molecule has 2 heterocycles. The minimum absolute atomic E-state index is 0.0536. The van der Waals surface area contributed by atoms with E-state index in [1.165, 1.54) is 6.33 Å². The number of nitrogen functional groups attached to an aromatic ring is 1. The normalized spacial score (nSPS) is 13.7. The number of esters is 3. The summed E-state index contributed by atoms with van der Waals surface area (Å²) >= 11 is 6.22. The number of hydrogen-bond donors (Lipinski definition) is 1. The number of imidazole rings is 1. The number of fused-ring (bicyclic) bond motifs is 1. The Morgan fingerprint density at radius 3 is 1.87 bits per heavy atom. The third-order valence-corrected chi connectivity index (χ3v) is 7.20. The average Bonchev–Trinajstić information content (AvgIpc) is 3.51. The fourth-order valence-electron chi connectivity index (χ4n) is 4.63. The average molecular weight is 644 g/mol. The third kappa shape index (κ3) is 7.65. The van der Waals surface area contributed by atoms with Crippen molar-refractivity contribution in [3.8, 4) is 0 Å². The highest BCUT2D eigenvalue weighted by atomic mass is 35.5. The maximum atomic E-state index is 13.4. The molecule has 2 aromatic heterocycles. The molecule has 3 aromatic carbocycles. The molecule has 0 spiro atoms. The van der Waals surface area contributed by atoms with Crippen LogP contribution in [0.5, 0.6) is 0 Å². The minimum Gasteiger partial charge on any atom is -0.459 e. The van der Waals surface area contributed by atoms with E-state index in [-0.39, 0.29) is 34.4 Å². The maximum absolute atomic E-state index is 13.4. The van der Waals surface area contributed by atoms with Gasteiger partial charge in [0.15, 0.2) is 16.9 Å². The Hall–Kier alpha value is -5.33. The van der Waals surface area contributed by atoms with Gasteiger partial charge in [0.25, 0.3) is 0 Å². The second-order valence-electron chi connectivity index (χ2n) is 10.1. The van der Waals surface area contributed by atoms with Gasteiger partial charge in [-0.3, -0.25) is 4.57 Å². The van der Waals surface area contributed by atoms with Crippen LogP contribution in [-0.4, -0.2) is 62.3 Å². The van der Waals surface area contributed by atoms with Crippen LogP contribution in [0.3, 0.4) is 0 Å². The van der Waals surface area contributed by atoms with Crippen LogP contribution in [0.1, 0.15) is 51.1 Å². The van der Waals surface area contributed by atoms with E-state index in [1.807, 2.05) is 0 Å². The lowest BCUT2D eigenvalue weighted by molar-refractivity contribution is -0.146. The van der Waals surface area contributed by atoms with Crippen LogP contribution in [-0.2, 0) is 18.9 Å². The van der Waals surface area contributed by atoms with Crippen LogP contribution in [0.15, 0.2) is 97.3 Å². The number of halogens is 1. The predicted octanol–water partition coefficient (Wildman–Crippen LogP) is 5.29. The lowest BCUT2D eigenvalue weighted by Gasteiger charge is -2.33. The van der Waals surface area contributed by atoms with E-state index in [9.17, 15) is 14.4 Å². The first-order valence-corrected chi connectivity index (χ1v) is 14.6. The quantitative estimate of drug-likeness (QED) is 0.107. The summed E-state index contributed by atoms with van der Waals surface area (Å²) in [6.45, 7) is 2.85. The van der Waals surface area contributed by atoms with E-state index in [0.717, 1.165) is 0 Å². The number of ether oxygens (including phenoxy) is 4. The zero-order valence-corrected chi connectivity index (χ0v) is 25.6. The van der Waals surface area contributed by atoms with E-state index < -0.39 is 42.4 Å². The van der Waals surface area contributed by atoms with Gasteiger partial charge < -0.3 is 24.7 Å².